The van der Waals surface area contributed by atoms with E-state index in [1.165, 1.54) is 5.56 Å². The van der Waals surface area contributed by atoms with Gasteiger partial charge in [0.15, 0.2) is 0 Å². The van der Waals surface area contributed by atoms with Crippen molar-refractivity contribution in [3.8, 4) is 0 Å². The molecular weight excluding hydrogens is 238 g/mol. The molecule has 0 radical (unpaired) electrons. The van der Waals surface area contributed by atoms with E-state index < -0.39 is 0 Å². The molecule has 0 aliphatic rings. The quantitative estimate of drug-likeness (QED) is 0.681. The van der Waals surface area contributed by atoms with Gasteiger partial charge in [0.1, 0.15) is 0 Å². The summed E-state index contributed by atoms with van der Waals surface area (Å²) in [5.74, 6) is 0. The summed E-state index contributed by atoms with van der Waals surface area (Å²) in [7, 11) is 0. The Morgan fingerprint density at radius 1 is 0.789 bits per heavy atom. The molecule has 3 heteroatoms. The van der Waals surface area contributed by atoms with E-state index in [2.05, 4.69) is 17.1 Å². The fraction of sp³-hybridized carbons (Fsp3) is 0.312. The van der Waals surface area contributed by atoms with Crippen molar-refractivity contribution in [2.45, 2.75) is 13.0 Å². The molecule has 0 saturated carbocycles. The van der Waals surface area contributed by atoms with Crippen LogP contribution in [0.4, 0.5) is 0 Å². The maximum Gasteiger partial charge on any atom is 0.0718 e. The number of hydrogen-bond donors (Lipinski definition) is 0. The molecule has 0 spiro atoms. The zero-order chi connectivity index (χ0) is 13.2. The van der Waals surface area contributed by atoms with Gasteiger partial charge < -0.3 is 9.47 Å². The van der Waals surface area contributed by atoms with Crippen LogP contribution in [0, 0.1) is 0 Å². The summed E-state index contributed by atoms with van der Waals surface area (Å²) in [6, 6.07) is 16.1. The monoisotopic (exact) mass is 257 g/mol. The highest BCUT2D eigenvalue weighted by Gasteiger charge is 1.95. The lowest BCUT2D eigenvalue weighted by atomic mass is 10.2. The number of nitrogens with zero attached hydrogens (tertiary/aromatic N) is 1. The molecule has 0 amide bonds. The van der Waals surface area contributed by atoms with Crippen LogP contribution in [0.15, 0.2) is 54.7 Å². The lowest BCUT2D eigenvalue weighted by Gasteiger charge is -2.05. The van der Waals surface area contributed by atoms with E-state index in [4.69, 9.17) is 9.47 Å². The van der Waals surface area contributed by atoms with Gasteiger partial charge in [0.2, 0.25) is 0 Å². The number of pyridine rings is 1. The lowest BCUT2D eigenvalue weighted by molar-refractivity contribution is 0.0415. The third-order valence-electron chi connectivity index (χ3n) is 2.71. The fourth-order valence-corrected chi connectivity index (χ4v) is 1.71. The highest BCUT2D eigenvalue weighted by atomic mass is 16.5. The van der Waals surface area contributed by atoms with E-state index in [1.54, 1.807) is 6.20 Å². The summed E-state index contributed by atoms with van der Waals surface area (Å²) >= 11 is 0. The average Bonchev–Trinajstić information content (AvgIpc) is 2.48. The van der Waals surface area contributed by atoms with Gasteiger partial charge in [-0.2, -0.15) is 0 Å². The Kier molecular flexibility index (Phi) is 6.07. The van der Waals surface area contributed by atoms with Crippen LogP contribution in [0.25, 0.3) is 0 Å². The molecule has 0 unspecified atom stereocenters. The van der Waals surface area contributed by atoms with E-state index in [9.17, 15) is 0 Å². The van der Waals surface area contributed by atoms with Crippen molar-refractivity contribution < 1.29 is 9.47 Å². The molecule has 1 heterocycles. The molecule has 3 nitrogen and oxygen atoms in total. The van der Waals surface area contributed by atoms with Gasteiger partial charge in [-0.25, -0.2) is 0 Å². The molecular formula is C16H19NO2. The first-order valence-corrected chi connectivity index (χ1v) is 6.54. The zero-order valence-corrected chi connectivity index (χ0v) is 11.0. The van der Waals surface area contributed by atoms with Crippen LogP contribution in [0.5, 0.6) is 0 Å². The molecule has 0 aliphatic carbocycles. The predicted octanol–water partition coefficient (Wildman–Crippen LogP) is 2.86. The van der Waals surface area contributed by atoms with Gasteiger partial charge in [-0.15, -0.1) is 0 Å². The number of benzene rings is 1. The van der Waals surface area contributed by atoms with Gasteiger partial charge >= 0.3 is 0 Å². The van der Waals surface area contributed by atoms with Gasteiger partial charge in [-0.05, 0) is 17.7 Å². The summed E-state index contributed by atoms with van der Waals surface area (Å²) in [6.07, 6.45) is 2.65. The standard InChI is InChI=1S/C16H19NO2/c1-2-6-15(7-3-1)14-19-13-12-18-11-9-16-8-4-5-10-17-16/h1-8,10H,9,11-14H2. The third-order valence-corrected chi connectivity index (χ3v) is 2.71. The van der Waals surface area contributed by atoms with Gasteiger partial charge in [-0.3, -0.25) is 4.98 Å². The second kappa shape index (κ2) is 8.40. The Bertz CT molecular complexity index is 401. The minimum absolute atomic E-state index is 0.622. The second-order valence-electron chi connectivity index (χ2n) is 4.22. The number of aromatic nitrogens is 1. The van der Waals surface area contributed by atoms with Crippen LogP contribution in [0.2, 0.25) is 0 Å². The maximum absolute atomic E-state index is 5.53. The first-order valence-electron chi connectivity index (χ1n) is 6.54. The topological polar surface area (TPSA) is 31.4 Å². The first kappa shape index (κ1) is 13.7. The van der Waals surface area contributed by atoms with Crippen molar-refractivity contribution in [3.05, 3.63) is 66.0 Å². The van der Waals surface area contributed by atoms with Crippen molar-refractivity contribution >= 4 is 0 Å². The minimum Gasteiger partial charge on any atom is -0.379 e. The molecule has 0 atom stereocenters. The number of rotatable bonds is 8. The second-order valence-corrected chi connectivity index (χ2v) is 4.22. The predicted molar refractivity (Wildman–Crippen MR) is 74.9 cm³/mol. The van der Waals surface area contributed by atoms with E-state index in [-0.39, 0.29) is 0 Å². The van der Waals surface area contributed by atoms with Crippen LogP contribution in [0.1, 0.15) is 11.3 Å². The summed E-state index contributed by atoms with van der Waals surface area (Å²) < 4.78 is 11.0. The molecule has 0 bridgehead atoms. The Morgan fingerprint density at radius 3 is 2.37 bits per heavy atom. The minimum atomic E-state index is 0.622. The molecule has 0 N–H and O–H groups in total. The van der Waals surface area contributed by atoms with Crippen LogP contribution in [0.3, 0.4) is 0 Å². The summed E-state index contributed by atoms with van der Waals surface area (Å²) in [5, 5.41) is 0. The van der Waals surface area contributed by atoms with Crippen molar-refractivity contribution in [1.29, 1.82) is 0 Å². The SMILES string of the molecule is c1ccc(COCCOCCc2ccccn2)cc1. The van der Waals surface area contributed by atoms with Crippen molar-refractivity contribution in [3.63, 3.8) is 0 Å². The van der Waals surface area contributed by atoms with Crippen molar-refractivity contribution in [1.82, 2.24) is 4.98 Å². The van der Waals surface area contributed by atoms with Crippen LogP contribution in [-0.4, -0.2) is 24.8 Å². The van der Waals surface area contributed by atoms with Crippen molar-refractivity contribution in [2.75, 3.05) is 19.8 Å². The summed E-state index contributed by atoms with van der Waals surface area (Å²) in [4.78, 5) is 4.24. The molecule has 2 aromatic rings. The Balaban J connectivity index is 1.49. The molecule has 2 rings (SSSR count). The highest BCUT2D eigenvalue weighted by Crippen LogP contribution is 2.00. The fourth-order valence-electron chi connectivity index (χ4n) is 1.71. The normalized spacial score (nSPS) is 10.5. The van der Waals surface area contributed by atoms with Gasteiger partial charge in [0.05, 0.1) is 26.4 Å². The first-order chi connectivity index (χ1) is 9.45. The van der Waals surface area contributed by atoms with Crippen LogP contribution < -0.4 is 0 Å². The highest BCUT2D eigenvalue weighted by molar-refractivity contribution is 5.13. The van der Waals surface area contributed by atoms with Gasteiger partial charge in [-0.1, -0.05) is 36.4 Å². The molecule has 0 saturated heterocycles. The third kappa shape index (κ3) is 5.64. The molecule has 19 heavy (non-hydrogen) atoms. The van der Waals surface area contributed by atoms with Crippen molar-refractivity contribution in [2.24, 2.45) is 0 Å². The molecule has 1 aromatic heterocycles. The van der Waals surface area contributed by atoms with E-state index in [0.717, 1.165) is 12.1 Å². The maximum atomic E-state index is 5.53. The smallest absolute Gasteiger partial charge is 0.0718 e. The molecule has 100 valence electrons. The van der Waals surface area contributed by atoms with Gasteiger partial charge in [0, 0.05) is 18.3 Å². The lowest BCUT2D eigenvalue weighted by Crippen LogP contribution is -2.07. The molecule has 0 fully saturated rings. The van der Waals surface area contributed by atoms with Crippen LogP contribution in [-0.2, 0) is 22.5 Å². The summed E-state index contributed by atoms with van der Waals surface area (Å²) in [6.45, 7) is 2.58. The number of ether oxygens (including phenoxy) is 2. The largest absolute Gasteiger partial charge is 0.379 e. The van der Waals surface area contributed by atoms with Gasteiger partial charge in [0.25, 0.3) is 0 Å². The Morgan fingerprint density at radius 2 is 1.58 bits per heavy atom. The van der Waals surface area contributed by atoms with E-state index >= 15 is 0 Å². The Hall–Kier alpha value is -1.71. The Labute approximate surface area is 114 Å². The van der Waals surface area contributed by atoms with E-state index in [0.29, 0.717) is 26.4 Å². The number of hydrogen-bond acceptors (Lipinski definition) is 3. The van der Waals surface area contributed by atoms with E-state index in [1.807, 2.05) is 36.4 Å². The zero-order valence-electron chi connectivity index (χ0n) is 11.0. The average molecular weight is 257 g/mol. The van der Waals surface area contributed by atoms with Crippen LogP contribution >= 0.6 is 0 Å². The molecule has 0 aliphatic heterocycles. The molecule has 1 aromatic carbocycles. The summed E-state index contributed by atoms with van der Waals surface area (Å²) in [5.41, 5.74) is 2.25.